The fourth-order valence-corrected chi connectivity index (χ4v) is 3.03. The minimum Gasteiger partial charge on any atom is -0.379 e. The first-order valence-corrected chi connectivity index (χ1v) is 8.42. The number of rotatable bonds is 10. The topological polar surface area (TPSA) is 27.7 Å². The normalized spacial score (nSPS) is 27.1. The molecule has 0 heterocycles. The molecule has 0 bridgehead atoms. The van der Waals surface area contributed by atoms with Crippen LogP contribution in [0.15, 0.2) is 0 Å². The molecule has 0 aromatic rings. The average molecular weight is 286 g/mol. The molecule has 1 saturated carbocycles. The molecule has 0 spiro atoms. The average Bonchev–Trinajstić information content (AvgIpc) is 2.41. The zero-order chi connectivity index (χ0) is 14.8. The van der Waals surface area contributed by atoms with E-state index in [4.69, 9.17) is 14.2 Å². The number of ether oxygens (including phenoxy) is 3. The van der Waals surface area contributed by atoms with E-state index in [-0.39, 0.29) is 0 Å². The summed E-state index contributed by atoms with van der Waals surface area (Å²) in [5, 5.41) is 0. The highest BCUT2D eigenvalue weighted by Gasteiger charge is 2.31. The van der Waals surface area contributed by atoms with Crippen LogP contribution in [0.4, 0.5) is 0 Å². The Morgan fingerprint density at radius 1 is 0.950 bits per heavy atom. The molecule has 0 aromatic heterocycles. The predicted molar refractivity (Wildman–Crippen MR) is 83.0 cm³/mol. The second-order valence-corrected chi connectivity index (χ2v) is 6.46. The van der Waals surface area contributed by atoms with Crippen molar-refractivity contribution in [3.05, 3.63) is 0 Å². The van der Waals surface area contributed by atoms with Gasteiger partial charge in [0.1, 0.15) is 0 Å². The van der Waals surface area contributed by atoms with E-state index in [1.807, 2.05) is 0 Å². The molecule has 1 aliphatic carbocycles. The van der Waals surface area contributed by atoms with Crippen LogP contribution in [0.3, 0.4) is 0 Å². The maximum atomic E-state index is 6.09. The van der Waals surface area contributed by atoms with Gasteiger partial charge in [0.25, 0.3) is 0 Å². The van der Waals surface area contributed by atoms with Gasteiger partial charge in [-0.3, -0.25) is 0 Å². The van der Waals surface area contributed by atoms with Crippen molar-refractivity contribution in [3.63, 3.8) is 0 Å². The number of hydrogen-bond acceptors (Lipinski definition) is 3. The van der Waals surface area contributed by atoms with Crippen LogP contribution in [-0.2, 0) is 14.2 Å². The molecule has 120 valence electrons. The van der Waals surface area contributed by atoms with Gasteiger partial charge in [-0.05, 0) is 37.0 Å². The lowest BCUT2D eigenvalue weighted by Crippen LogP contribution is -2.35. The van der Waals surface area contributed by atoms with Crippen molar-refractivity contribution in [2.75, 3.05) is 33.0 Å². The summed E-state index contributed by atoms with van der Waals surface area (Å²) in [5.41, 5.74) is 0. The molecule has 0 aliphatic heterocycles. The standard InChI is InChI=1S/C17H34O3/c1-5-8-18-9-10-19-11-12-20-17-13-15(4)6-7-16(17)14(2)3/h14-17H,5-13H2,1-4H3. The lowest BCUT2D eigenvalue weighted by Gasteiger charge is -2.37. The summed E-state index contributed by atoms with van der Waals surface area (Å²) >= 11 is 0. The Morgan fingerprint density at radius 2 is 1.60 bits per heavy atom. The van der Waals surface area contributed by atoms with Gasteiger partial charge in [0.2, 0.25) is 0 Å². The van der Waals surface area contributed by atoms with Gasteiger partial charge in [-0.25, -0.2) is 0 Å². The molecule has 1 aliphatic rings. The van der Waals surface area contributed by atoms with Crippen LogP contribution in [0.5, 0.6) is 0 Å². The summed E-state index contributed by atoms with van der Waals surface area (Å²) in [6.07, 6.45) is 5.38. The largest absolute Gasteiger partial charge is 0.379 e. The van der Waals surface area contributed by atoms with E-state index in [2.05, 4.69) is 27.7 Å². The third kappa shape index (κ3) is 7.05. The van der Waals surface area contributed by atoms with Crippen LogP contribution >= 0.6 is 0 Å². The quantitative estimate of drug-likeness (QED) is 0.570. The maximum absolute atomic E-state index is 6.09. The van der Waals surface area contributed by atoms with Crippen LogP contribution < -0.4 is 0 Å². The molecule has 0 N–H and O–H groups in total. The van der Waals surface area contributed by atoms with Gasteiger partial charge in [-0.1, -0.05) is 34.1 Å². The van der Waals surface area contributed by atoms with E-state index in [9.17, 15) is 0 Å². The zero-order valence-electron chi connectivity index (χ0n) is 13.9. The highest BCUT2D eigenvalue weighted by Crippen LogP contribution is 2.35. The Hall–Kier alpha value is -0.120. The van der Waals surface area contributed by atoms with Crippen molar-refractivity contribution in [2.45, 2.75) is 59.5 Å². The lowest BCUT2D eigenvalue weighted by molar-refractivity contribution is -0.0622. The molecular formula is C17H34O3. The Morgan fingerprint density at radius 3 is 2.25 bits per heavy atom. The SMILES string of the molecule is CCCOCCOCCOC1CC(C)CCC1C(C)C. The molecule has 20 heavy (non-hydrogen) atoms. The smallest absolute Gasteiger partial charge is 0.0704 e. The molecule has 1 fully saturated rings. The van der Waals surface area contributed by atoms with Gasteiger partial charge in [-0.2, -0.15) is 0 Å². The Bertz CT molecular complexity index is 230. The van der Waals surface area contributed by atoms with Gasteiger partial charge in [0, 0.05) is 6.61 Å². The van der Waals surface area contributed by atoms with Crippen LogP contribution in [0, 0.1) is 17.8 Å². The third-order valence-corrected chi connectivity index (χ3v) is 4.24. The Labute approximate surface area is 125 Å². The molecule has 3 heteroatoms. The first kappa shape index (κ1) is 17.9. The summed E-state index contributed by atoms with van der Waals surface area (Å²) in [4.78, 5) is 0. The molecule has 3 nitrogen and oxygen atoms in total. The summed E-state index contributed by atoms with van der Waals surface area (Å²) in [7, 11) is 0. The van der Waals surface area contributed by atoms with Gasteiger partial charge in [0.15, 0.2) is 0 Å². The molecular weight excluding hydrogens is 252 g/mol. The second-order valence-electron chi connectivity index (χ2n) is 6.46. The van der Waals surface area contributed by atoms with E-state index in [0.717, 1.165) is 30.8 Å². The number of hydrogen-bond donors (Lipinski definition) is 0. The van der Waals surface area contributed by atoms with E-state index < -0.39 is 0 Å². The van der Waals surface area contributed by atoms with Gasteiger partial charge < -0.3 is 14.2 Å². The first-order chi connectivity index (χ1) is 9.65. The highest BCUT2D eigenvalue weighted by molar-refractivity contribution is 4.81. The van der Waals surface area contributed by atoms with Crippen LogP contribution in [0.1, 0.15) is 53.4 Å². The maximum Gasteiger partial charge on any atom is 0.0704 e. The van der Waals surface area contributed by atoms with E-state index >= 15 is 0 Å². The Balaban J connectivity index is 2.09. The molecule has 3 atom stereocenters. The summed E-state index contributed by atoms with van der Waals surface area (Å²) < 4.78 is 17.0. The minimum atomic E-state index is 0.429. The van der Waals surface area contributed by atoms with Crippen molar-refractivity contribution < 1.29 is 14.2 Å². The molecule has 0 aromatic carbocycles. The zero-order valence-corrected chi connectivity index (χ0v) is 13.9. The molecule has 0 amide bonds. The third-order valence-electron chi connectivity index (χ3n) is 4.24. The summed E-state index contributed by atoms with van der Waals surface area (Å²) in [6.45, 7) is 12.7. The molecule has 0 radical (unpaired) electrons. The van der Waals surface area contributed by atoms with E-state index in [1.54, 1.807) is 0 Å². The van der Waals surface area contributed by atoms with Gasteiger partial charge in [-0.15, -0.1) is 0 Å². The van der Waals surface area contributed by atoms with Crippen molar-refractivity contribution in [1.29, 1.82) is 0 Å². The molecule has 1 rings (SSSR count). The molecule has 3 unspecified atom stereocenters. The predicted octanol–water partition coefficient (Wildman–Crippen LogP) is 3.91. The summed E-state index contributed by atoms with van der Waals surface area (Å²) in [6, 6.07) is 0. The Kier molecular flexibility index (Phi) is 9.49. The van der Waals surface area contributed by atoms with E-state index in [1.165, 1.54) is 19.3 Å². The highest BCUT2D eigenvalue weighted by atomic mass is 16.5. The minimum absolute atomic E-state index is 0.429. The van der Waals surface area contributed by atoms with Crippen molar-refractivity contribution in [3.8, 4) is 0 Å². The molecule has 0 saturated heterocycles. The van der Waals surface area contributed by atoms with Crippen LogP contribution in [-0.4, -0.2) is 39.1 Å². The fraction of sp³-hybridized carbons (Fsp3) is 1.00. The summed E-state index contributed by atoms with van der Waals surface area (Å²) in [5.74, 6) is 2.24. The van der Waals surface area contributed by atoms with Gasteiger partial charge >= 0.3 is 0 Å². The van der Waals surface area contributed by atoms with Crippen LogP contribution in [0.2, 0.25) is 0 Å². The fourth-order valence-electron chi connectivity index (χ4n) is 3.03. The lowest BCUT2D eigenvalue weighted by atomic mass is 9.75. The van der Waals surface area contributed by atoms with Crippen molar-refractivity contribution in [1.82, 2.24) is 0 Å². The van der Waals surface area contributed by atoms with Crippen molar-refractivity contribution in [2.24, 2.45) is 17.8 Å². The van der Waals surface area contributed by atoms with Crippen LogP contribution in [0.25, 0.3) is 0 Å². The monoisotopic (exact) mass is 286 g/mol. The second kappa shape index (κ2) is 10.6. The van der Waals surface area contributed by atoms with Gasteiger partial charge in [0.05, 0.1) is 32.5 Å². The van der Waals surface area contributed by atoms with Crippen molar-refractivity contribution >= 4 is 0 Å². The first-order valence-electron chi connectivity index (χ1n) is 8.42. The van der Waals surface area contributed by atoms with E-state index in [0.29, 0.717) is 32.5 Å².